The molecule has 0 aliphatic carbocycles. The molecule has 8 nitrogen and oxygen atoms in total. The third-order valence-corrected chi connectivity index (χ3v) is 3.68. The minimum atomic E-state index is -0.393. The van der Waals surface area contributed by atoms with E-state index < -0.39 is 4.92 Å². The number of aliphatic hydroxyl groups excluding tert-OH is 1. The van der Waals surface area contributed by atoms with Crippen molar-refractivity contribution in [3.05, 3.63) is 28.4 Å². The maximum Gasteiger partial charge on any atom is 0.311 e. The van der Waals surface area contributed by atoms with Crippen LogP contribution in [0.2, 0.25) is 0 Å². The summed E-state index contributed by atoms with van der Waals surface area (Å²) in [6, 6.07) is 3.06. The molecule has 0 bridgehead atoms. The summed E-state index contributed by atoms with van der Waals surface area (Å²) >= 11 is 0. The lowest BCUT2D eigenvalue weighted by molar-refractivity contribution is -0.384. The van der Waals surface area contributed by atoms with Crippen molar-refractivity contribution in [2.24, 2.45) is 0 Å². The van der Waals surface area contributed by atoms with Gasteiger partial charge in [0.25, 0.3) is 0 Å². The Hall–Kier alpha value is -1.77. The molecule has 1 unspecified atom stereocenters. The number of piperazine rings is 1. The number of hydrogen-bond acceptors (Lipinski definition) is 7. The van der Waals surface area contributed by atoms with Crippen LogP contribution in [0.1, 0.15) is 0 Å². The highest BCUT2D eigenvalue weighted by atomic mass is 16.6. The molecule has 1 aromatic heterocycles. The van der Waals surface area contributed by atoms with Crippen molar-refractivity contribution in [1.29, 1.82) is 0 Å². The molecule has 1 fully saturated rings. The molecule has 2 heterocycles. The number of pyridine rings is 1. The Morgan fingerprint density at radius 2 is 2.09 bits per heavy atom. The Kier molecular flexibility index (Phi) is 5.64. The minimum absolute atomic E-state index is 0.0450. The highest BCUT2D eigenvalue weighted by molar-refractivity contribution is 5.57. The monoisotopic (exact) mass is 309 g/mol. The molecule has 122 valence electrons. The van der Waals surface area contributed by atoms with Crippen molar-refractivity contribution in [2.75, 3.05) is 58.3 Å². The van der Waals surface area contributed by atoms with Crippen molar-refractivity contribution >= 4 is 11.5 Å². The third-order valence-electron chi connectivity index (χ3n) is 3.68. The van der Waals surface area contributed by atoms with Crippen LogP contribution in [-0.4, -0.2) is 84.3 Å². The molecule has 22 heavy (non-hydrogen) atoms. The summed E-state index contributed by atoms with van der Waals surface area (Å²) in [5.74, 6) is 0.431. The number of anilines is 1. The zero-order valence-electron chi connectivity index (χ0n) is 13.1. The molecular formula is C14H23N5O3. The Balaban J connectivity index is 1.91. The Labute approximate surface area is 130 Å². The highest BCUT2D eigenvalue weighted by Crippen LogP contribution is 2.25. The molecule has 1 atom stereocenters. The SMILES string of the molecule is CN(C)CC(O)CN1CCN(c2ncccc2[N+](=O)[O-])CC1. The average molecular weight is 309 g/mol. The number of aliphatic hydroxyl groups is 1. The van der Waals surface area contributed by atoms with Crippen LogP contribution in [0.3, 0.4) is 0 Å². The first-order valence-corrected chi connectivity index (χ1v) is 7.37. The number of hydrogen-bond donors (Lipinski definition) is 1. The van der Waals surface area contributed by atoms with Crippen LogP contribution in [0.25, 0.3) is 0 Å². The number of nitro groups is 1. The number of nitrogens with zero attached hydrogens (tertiary/aromatic N) is 5. The zero-order chi connectivity index (χ0) is 16.1. The lowest BCUT2D eigenvalue weighted by atomic mass is 10.2. The lowest BCUT2D eigenvalue weighted by Gasteiger charge is -2.36. The van der Waals surface area contributed by atoms with E-state index in [1.807, 2.05) is 23.9 Å². The molecule has 1 aliphatic heterocycles. The second-order valence-electron chi connectivity index (χ2n) is 5.81. The summed E-state index contributed by atoms with van der Waals surface area (Å²) in [4.78, 5) is 20.9. The van der Waals surface area contributed by atoms with Crippen molar-refractivity contribution in [2.45, 2.75) is 6.10 Å². The van der Waals surface area contributed by atoms with Crippen LogP contribution in [0.4, 0.5) is 11.5 Å². The second kappa shape index (κ2) is 7.48. The molecule has 0 amide bonds. The van der Waals surface area contributed by atoms with Crippen molar-refractivity contribution in [1.82, 2.24) is 14.8 Å². The molecule has 1 aromatic rings. The fourth-order valence-electron chi connectivity index (χ4n) is 2.69. The minimum Gasteiger partial charge on any atom is -0.390 e. The summed E-state index contributed by atoms with van der Waals surface area (Å²) in [7, 11) is 3.86. The van der Waals surface area contributed by atoms with Gasteiger partial charge in [0.15, 0.2) is 0 Å². The van der Waals surface area contributed by atoms with Crippen molar-refractivity contribution in [3.63, 3.8) is 0 Å². The fourth-order valence-corrected chi connectivity index (χ4v) is 2.69. The fraction of sp³-hybridized carbons (Fsp3) is 0.643. The summed E-state index contributed by atoms with van der Waals surface area (Å²) in [6.45, 7) is 4.12. The molecule has 1 N–H and O–H groups in total. The molecule has 0 radical (unpaired) electrons. The van der Waals surface area contributed by atoms with E-state index in [9.17, 15) is 15.2 Å². The smallest absolute Gasteiger partial charge is 0.311 e. The van der Waals surface area contributed by atoms with Crippen LogP contribution in [0, 0.1) is 10.1 Å². The predicted molar refractivity (Wildman–Crippen MR) is 84.1 cm³/mol. The molecule has 2 rings (SSSR count). The first kappa shape index (κ1) is 16.6. The zero-order valence-corrected chi connectivity index (χ0v) is 13.1. The summed E-state index contributed by atoms with van der Waals surface area (Å²) in [5, 5.41) is 21.0. The van der Waals surface area contributed by atoms with Gasteiger partial charge in [0.05, 0.1) is 11.0 Å². The van der Waals surface area contributed by atoms with Gasteiger partial charge in [-0.3, -0.25) is 15.0 Å². The van der Waals surface area contributed by atoms with Crippen LogP contribution < -0.4 is 4.90 Å². The van der Waals surface area contributed by atoms with Gasteiger partial charge in [0.1, 0.15) is 0 Å². The maximum atomic E-state index is 11.1. The van der Waals surface area contributed by atoms with Gasteiger partial charge in [0.2, 0.25) is 5.82 Å². The number of likely N-dealkylation sites (N-methyl/N-ethyl adjacent to an activating group) is 1. The van der Waals surface area contributed by atoms with Gasteiger partial charge in [-0.05, 0) is 20.2 Å². The Morgan fingerprint density at radius 1 is 1.41 bits per heavy atom. The number of β-amino-alcohol motifs (C(OH)–C–C–N with tert-alkyl or cyclic N) is 1. The standard InChI is InChI=1S/C14H23N5O3/c1-16(2)10-12(20)11-17-6-8-18(9-7-17)14-13(19(21)22)4-3-5-15-14/h3-5,12,20H,6-11H2,1-2H3. The van der Waals surface area contributed by atoms with Crippen LogP contribution >= 0.6 is 0 Å². The molecule has 0 spiro atoms. The van der Waals surface area contributed by atoms with Crippen molar-refractivity contribution in [3.8, 4) is 0 Å². The van der Waals surface area contributed by atoms with Crippen LogP contribution in [0.15, 0.2) is 18.3 Å². The van der Waals surface area contributed by atoms with Gasteiger partial charge in [-0.2, -0.15) is 0 Å². The average Bonchev–Trinajstić information content (AvgIpc) is 2.47. The number of rotatable bonds is 6. The van der Waals surface area contributed by atoms with E-state index in [1.165, 1.54) is 6.07 Å². The number of aromatic nitrogens is 1. The topological polar surface area (TPSA) is 86.0 Å². The summed E-state index contributed by atoms with van der Waals surface area (Å²) in [5.41, 5.74) is 0.0450. The van der Waals surface area contributed by atoms with E-state index in [4.69, 9.17) is 0 Å². The second-order valence-corrected chi connectivity index (χ2v) is 5.81. The Bertz CT molecular complexity index is 503. The van der Waals surface area contributed by atoms with Gasteiger partial charge in [-0.25, -0.2) is 4.98 Å². The van der Waals surface area contributed by atoms with Gasteiger partial charge >= 0.3 is 5.69 Å². The van der Waals surface area contributed by atoms with E-state index in [-0.39, 0.29) is 11.8 Å². The lowest BCUT2D eigenvalue weighted by Crippen LogP contribution is -2.50. The maximum absolute atomic E-state index is 11.1. The molecule has 8 heteroatoms. The van der Waals surface area contributed by atoms with Gasteiger partial charge in [-0.15, -0.1) is 0 Å². The molecule has 1 saturated heterocycles. The molecule has 1 aliphatic rings. The third kappa shape index (κ3) is 4.36. The highest BCUT2D eigenvalue weighted by Gasteiger charge is 2.25. The summed E-state index contributed by atoms with van der Waals surface area (Å²) in [6.07, 6.45) is 1.20. The first-order chi connectivity index (χ1) is 10.5. The Morgan fingerprint density at radius 3 is 2.68 bits per heavy atom. The van der Waals surface area contributed by atoms with E-state index in [0.29, 0.717) is 32.0 Å². The molecule has 0 aromatic carbocycles. The normalized spacial score (nSPS) is 17.7. The largest absolute Gasteiger partial charge is 0.390 e. The molecular weight excluding hydrogens is 286 g/mol. The van der Waals surface area contributed by atoms with Crippen LogP contribution in [-0.2, 0) is 0 Å². The quantitative estimate of drug-likeness (QED) is 0.586. The predicted octanol–water partition coefficient (Wildman–Crippen LogP) is 0.0343. The van der Waals surface area contributed by atoms with Crippen molar-refractivity contribution < 1.29 is 10.0 Å². The van der Waals surface area contributed by atoms with Crippen LogP contribution in [0.5, 0.6) is 0 Å². The van der Waals surface area contributed by atoms with Gasteiger partial charge in [-0.1, -0.05) is 0 Å². The van der Waals surface area contributed by atoms with E-state index >= 15 is 0 Å². The first-order valence-electron chi connectivity index (χ1n) is 7.37. The van der Waals surface area contributed by atoms with Gasteiger partial charge < -0.3 is 14.9 Å². The van der Waals surface area contributed by atoms with E-state index in [2.05, 4.69) is 9.88 Å². The molecule has 0 saturated carbocycles. The van der Waals surface area contributed by atoms with Gasteiger partial charge in [0, 0.05) is 51.5 Å². The van der Waals surface area contributed by atoms with E-state index in [1.54, 1.807) is 12.3 Å². The summed E-state index contributed by atoms with van der Waals surface area (Å²) < 4.78 is 0. The van der Waals surface area contributed by atoms with E-state index in [0.717, 1.165) is 13.1 Å².